The summed E-state index contributed by atoms with van der Waals surface area (Å²) in [6.45, 7) is 1.20. The maximum atomic E-state index is 12.8. The number of amides is 2. The Balaban J connectivity index is 1.64. The monoisotopic (exact) mass is 324 g/mol. The maximum absolute atomic E-state index is 12.8. The fourth-order valence-corrected chi connectivity index (χ4v) is 3.08. The lowest BCUT2D eigenvalue weighted by molar-refractivity contribution is -0.119. The van der Waals surface area contributed by atoms with E-state index in [9.17, 15) is 9.59 Å². The predicted molar refractivity (Wildman–Crippen MR) is 88.5 cm³/mol. The zero-order valence-electron chi connectivity index (χ0n) is 12.9. The van der Waals surface area contributed by atoms with Crippen LogP contribution in [0.1, 0.15) is 6.42 Å². The third-order valence-electron chi connectivity index (χ3n) is 4.26. The molecule has 0 saturated carbocycles. The number of fused-ring (bicyclic) bond motifs is 1. The molecule has 3 heterocycles. The summed E-state index contributed by atoms with van der Waals surface area (Å²) in [5.41, 5.74) is 6.57. The number of nitrogens with zero attached hydrogens (tertiary/aromatic N) is 5. The van der Waals surface area contributed by atoms with Crippen LogP contribution in [0.15, 0.2) is 47.7 Å². The Kier molecular flexibility index (Phi) is 3.30. The molecule has 2 aliphatic heterocycles. The summed E-state index contributed by atoms with van der Waals surface area (Å²) in [6.07, 6.45) is 1.86. The normalized spacial score (nSPS) is 19.3. The van der Waals surface area contributed by atoms with Gasteiger partial charge in [0, 0.05) is 19.0 Å². The van der Waals surface area contributed by atoms with Crippen molar-refractivity contribution < 1.29 is 9.59 Å². The van der Waals surface area contributed by atoms with Gasteiger partial charge in [-0.15, -0.1) is 0 Å². The summed E-state index contributed by atoms with van der Waals surface area (Å²) < 4.78 is 1.77. The first-order valence-electron chi connectivity index (χ1n) is 7.70. The van der Waals surface area contributed by atoms with Crippen LogP contribution in [0.4, 0.5) is 11.5 Å². The van der Waals surface area contributed by atoms with Crippen molar-refractivity contribution in [2.75, 3.05) is 16.5 Å². The van der Waals surface area contributed by atoms with Crippen LogP contribution in [-0.2, 0) is 16.1 Å². The molecule has 8 nitrogen and oxygen atoms in total. The molecule has 1 unspecified atom stereocenters. The third-order valence-corrected chi connectivity index (χ3v) is 4.26. The van der Waals surface area contributed by atoms with Crippen LogP contribution < -0.4 is 15.6 Å². The van der Waals surface area contributed by atoms with Gasteiger partial charge in [-0.2, -0.15) is 10.2 Å². The van der Waals surface area contributed by atoms with Crippen molar-refractivity contribution in [3.05, 3.63) is 42.6 Å². The van der Waals surface area contributed by atoms with Crippen molar-refractivity contribution in [2.24, 2.45) is 10.8 Å². The number of hydrogen-bond acceptors (Lipinski definition) is 5. The lowest BCUT2D eigenvalue weighted by Crippen LogP contribution is -2.40. The Morgan fingerprint density at radius 1 is 1.12 bits per heavy atom. The quantitative estimate of drug-likeness (QED) is 0.881. The molecule has 122 valence electrons. The largest absolute Gasteiger partial charge is 0.368 e. The van der Waals surface area contributed by atoms with Crippen LogP contribution in [-0.4, -0.2) is 39.9 Å². The van der Waals surface area contributed by atoms with Crippen LogP contribution in [0.2, 0.25) is 0 Å². The summed E-state index contributed by atoms with van der Waals surface area (Å²) in [5.74, 6) is 0.0345. The second kappa shape index (κ2) is 5.48. The zero-order valence-corrected chi connectivity index (χ0v) is 12.9. The molecule has 24 heavy (non-hydrogen) atoms. The van der Waals surface area contributed by atoms with Gasteiger partial charge in [-0.25, -0.2) is 4.68 Å². The number of nitrogens with two attached hydrogens (primary N) is 1. The highest BCUT2D eigenvalue weighted by Crippen LogP contribution is 2.27. The van der Waals surface area contributed by atoms with Gasteiger partial charge >= 0.3 is 0 Å². The van der Waals surface area contributed by atoms with Crippen molar-refractivity contribution in [1.29, 1.82) is 0 Å². The zero-order chi connectivity index (χ0) is 16.7. The molecule has 0 radical (unpaired) electrons. The highest BCUT2D eigenvalue weighted by atomic mass is 16.2. The fraction of sp³-hybridized carbons (Fsp3) is 0.250. The summed E-state index contributed by atoms with van der Waals surface area (Å²) in [4.78, 5) is 26.3. The van der Waals surface area contributed by atoms with Crippen molar-refractivity contribution in [2.45, 2.75) is 19.0 Å². The van der Waals surface area contributed by atoms with E-state index in [4.69, 9.17) is 5.73 Å². The average molecular weight is 324 g/mol. The van der Waals surface area contributed by atoms with E-state index >= 15 is 0 Å². The Hall–Kier alpha value is -3.16. The molecule has 4 rings (SSSR count). The Bertz CT molecular complexity index is 828. The number of primary amides is 1. The molecular weight excluding hydrogens is 308 g/mol. The first-order chi connectivity index (χ1) is 11.6. The van der Waals surface area contributed by atoms with Gasteiger partial charge in [0.1, 0.15) is 17.6 Å². The number of carbonyl (C=O) groups excluding carboxylic acids is 2. The number of aromatic nitrogens is 2. The van der Waals surface area contributed by atoms with E-state index in [-0.39, 0.29) is 12.3 Å². The second-order valence-electron chi connectivity index (χ2n) is 5.72. The van der Waals surface area contributed by atoms with Crippen molar-refractivity contribution in [3.63, 3.8) is 0 Å². The molecule has 0 fully saturated rings. The molecule has 1 aromatic carbocycles. The van der Waals surface area contributed by atoms with Gasteiger partial charge in [0.05, 0.1) is 18.4 Å². The molecule has 0 aliphatic carbocycles. The first kappa shape index (κ1) is 14.4. The maximum Gasteiger partial charge on any atom is 0.275 e. The number of anilines is 2. The molecule has 1 atom stereocenters. The molecule has 2 aromatic rings. The molecular formula is C16H16N6O2. The minimum absolute atomic E-state index is 0.202. The molecule has 0 saturated heterocycles. The molecule has 0 spiro atoms. The topological polar surface area (TPSA) is 96.8 Å². The van der Waals surface area contributed by atoms with E-state index in [1.807, 2.05) is 30.3 Å². The van der Waals surface area contributed by atoms with Gasteiger partial charge < -0.3 is 5.73 Å². The van der Waals surface area contributed by atoms with E-state index < -0.39 is 11.9 Å². The summed E-state index contributed by atoms with van der Waals surface area (Å²) in [7, 11) is 0. The van der Waals surface area contributed by atoms with Crippen LogP contribution >= 0.6 is 0 Å². The van der Waals surface area contributed by atoms with E-state index in [0.717, 1.165) is 11.5 Å². The summed E-state index contributed by atoms with van der Waals surface area (Å²) >= 11 is 0. The molecule has 2 aliphatic rings. The third kappa shape index (κ3) is 2.23. The van der Waals surface area contributed by atoms with Gasteiger partial charge in [-0.1, -0.05) is 18.2 Å². The van der Waals surface area contributed by atoms with Gasteiger partial charge in [0.25, 0.3) is 5.91 Å². The Labute approximate surface area is 138 Å². The highest BCUT2D eigenvalue weighted by Gasteiger charge is 2.38. The van der Waals surface area contributed by atoms with E-state index in [0.29, 0.717) is 18.8 Å². The van der Waals surface area contributed by atoms with Crippen LogP contribution in [0.3, 0.4) is 0 Å². The van der Waals surface area contributed by atoms with Crippen LogP contribution in [0.25, 0.3) is 0 Å². The van der Waals surface area contributed by atoms with Crippen molar-refractivity contribution in [1.82, 2.24) is 9.78 Å². The van der Waals surface area contributed by atoms with Crippen LogP contribution in [0, 0.1) is 0 Å². The SMILES string of the molecule is NC(=O)C1CC(C(=O)N2CCn3nccc32)=NN1c1ccccc1. The number of carbonyl (C=O) groups is 2. The standard InChI is InChI=1S/C16H16N6O2/c17-15(23)13-10-12(19-22(13)11-4-2-1-3-5-11)16(24)20-8-9-21-14(20)6-7-18-21/h1-7,13H,8-10H2,(H2,17,23). The lowest BCUT2D eigenvalue weighted by Gasteiger charge is -2.20. The molecule has 2 amide bonds. The number of para-hydroxylation sites is 1. The minimum atomic E-state index is -0.654. The number of rotatable bonds is 3. The van der Waals surface area contributed by atoms with Gasteiger partial charge in [0.2, 0.25) is 5.91 Å². The average Bonchev–Trinajstić information content (AvgIpc) is 3.30. The highest BCUT2D eigenvalue weighted by molar-refractivity contribution is 6.45. The molecule has 0 bridgehead atoms. The van der Waals surface area contributed by atoms with Crippen molar-refractivity contribution >= 4 is 29.0 Å². The molecule has 2 N–H and O–H groups in total. The van der Waals surface area contributed by atoms with E-state index in [1.54, 1.807) is 21.8 Å². The minimum Gasteiger partial charge on any atom is -0.368 e. The number of benzene rings is 1. The van der Waals surface area contributed by atoms with E-state index in [2.05, 4.69) is 10.2 Å². The number of hydrazone groups is 1. The van der Waals surface area contributed by atoms with Gasteiger partial charge in [0.15, 0.2) is 0 Å². The lowest BCUT2D eigenvalue weighted by atomic mass is 10.1. The molecule has 8 heteroatoms. The number of hydrogen-bond donors (Lipinski definition) is 1. The summed E-state index contributed by atoms with van der Waals surface area (Å²) in [6, 6.07) is 10.4. The predicted octanol–water partition coefficient (Wildman–Crippen LogP) is 0.350. The second-order valence-corrected chi connectivity index (χ2v) is 5.72. The first-order valence-corrected chi connectivity index (χ1v) is 7.70. The van der Waals surface area contributed by atoms with E-state index in [1.165, 1.54) is 5.01 Å². The van der Waals surface area contributed by atoms with Crippen molar-refractivity contribution in [3.8, 4) is 0 Å². The smallest absolute Gasteiger partial charge is 0.275 e. The Morgan fingerprint density at radius 2 is 1.92 bits per heavy atom. The Morgan fingerprint density at radius 3 is 2.67 bits per heavy atom. The van der Waals surface area contributed by atoms with Gasteiger partial charge in [-0.05, 0) is 12.1 Å². The van der Waals surface area contributed by atoms with Crippen LogP contribution in [0.5, 0.6) is 0 Å². The fourth-order valence-electron chi connectivity index (χ4n) is 3.08. The van der Waals surface area contributed by atoms with Gasteiger partial charge in [-0.3, -0.25) is 19.5 Å². The summed E-state index contributed by atoms with van der Waals surface area (Å²) in [5, 5.41) is 10.1. The molecule has 1 aromatic heterocycles.